The predicted molar refractivity (Wildman–Crippen MR) is 85.3 cm³/mol. The highest BCUT2D eigenvalue weighted by molar-refractivity contribution is 7.12. The molecule has 118 valence electrons. The molecule has 0 radical (unpaired) electrons. The quantitative estimate of drug-likeness (QED) is 0.472. The molecule has 0 N–H and O–H groups in total. The summed E-state index contributed by atoms with van der Waals surface area (Å²) in [5.74, 6) is 0.795. The highest BCUT2D eigenvalue weighted by atomic mass is 35.5. The number of ether oxygens (including phenoxy) is 1. The fourth-order valence-corrected chi connectivity index (χ4v) is 6.53. The Balaban J connectivity index is 1.45. The second kappa shape index (κ2) is 5.07. The van der Waals surface area contributed by atoms with Crippen molar-refractivity contribution in [3.8, 4) is 0 Å². The lowest BCUT2D eigenvalue weighted by atomic mass is 9.49. The summed E-state index contributed by atoms with van der Waals surface area (Å²) in [6.45, 7) is -0.147. The van der Waals surface area contributed by atoms with Crippen LogP contribution in [0, 0.1) is 17.3 Å². The fourth-order valence-electron chi connectivity index (χ4n) is 5.18. The van der Waals surface area contributed by atoms with Crippen molar-refractivity contribution in [2.75, 3.05) is 6.61 Å². The van der Waals surface area contributed by atoms with Crippen LogP contribution in [-0.2, 0) is 9.53 Å². The molecule has 1 aromatic heterocycles. The number of thiophene rings is 1. The summed E-state index contributed by atoms with van der Waals surface area (Å²) >= 11 is 8.11. The first kappa shape index (κ1) is 14.7. The van der Waals surface area contributed by atoms with E-state index in [1.807, 2.05) is 11.4 Å². The van der Waals surface area contributed by atoms with E-state index in [1.165, 1.54) is 17.8 Å². The van der Waals surface area contributed by atoms with Crippen LogP contribution in [0.2, 0.25) is 0 Å². The van der Waals surface area contributed by atoms with Crippen molar-refractivity contribution in [1.82, 2.24) is 0 Å². The number of hydrogen-bond acceptors (Lipinski definition) is 4. The predicted octanol–water partition coefficient (Wildman–Crippen LogP) is 4.05. The molecule has 4 saturated carbocycles. The minimum atomic E-state index is -0.429. The van der Waals surface area contributed by atoms with E-state index < -0.39 is 5.41 Å². The molecule has 4 aliphatic rings. The molecule has 4 atom stereocenters. The van der Waals surface area contributed by atoms with Crippen molar-refractivity contribution in [3.05, 3.63) is 22.4 Å². The number of alkyl halides is 1. The van der Waals surface area contributed by atoms with Crippen molar-refractivity contribution in [2.45, 2.75) is 43.4 Å². The van der Waals surface area contributed by atoms with Crippen LogP contribution in [0.4, 0.5) is 0 Å². The second-order valence-electron chi connectivity index (χ2n) is 7.37. The minimum Gasteiger partial charge on any atom is -0.457 e. The van der Waals surface area contributed by atoms with Gasteiger partial charge in [0.15, 0.2) is 6.61 Å². The molecular formula is C17H19ClO3S. The minimum absolute atomic E-state index is 0.117. The van der Waals surface area contributed by atoms with Crippen molar-refractivity contribution in [1.29, 1.82) is 0 Å². The van der Waals surface area contributed by atoms with Gasteiger partial charge in [-0.2, -0.15) is 0 Å². The molecule has 0 spiro atoms. The third-order valence-electron chi connectivity index (χ3n) is 5.55. The number of carbonyl (C=O) groups is 2. The maximum Gasteiger partial charge on any atom is 0.312 e. The number of carbonyl (C=O) groups excluding carboxylic acids is 2. The van der Waals surface area contributed by atoms with Gasteiger partial charge < -0.3 is 4.74 Å². The van der Waals surface area contributed by atoms with Crippen molar-refractivity contribution in [3.63, 3.8) is 0 Å². The highest BCUT2D eigenvalue weighted by Gasteiger charge is 2.60. The van der Waals surface area contributed by atoms with Crippen LogP contribution >= 0.6 is 22.9 Å². The maximum absolute atomic E-state index is 12.7. The molecule has 3 nitrogen and oxygen atoms in total. The highest BCUT2D eigenvalue weighted by Crippen LogP contribution is 2.64. The van der Waals surface area contributed by atoms with Gasteiger partial charge in [-0.25, -0.2) is 0 Å². The topological polar surface area (TPSA) is 43.4 Å². The summed E-state index contributed by atoms with van der Waals surface area (Å²) < 4.78 is 5.42. The molecule has 0 saturated heterocycles. The zero-order valence-electron chi connectivity index (χ0n) is 12.3. The Morgan fingerprint density at radius 1 is 1.27 bits per heavy atom. The number of halogens is 1. The second-order valence-corrected chi connectivity index (χ2v) is 9.12. The lowest BCUT2D eigenvalue weighted by molar-refractivity contribution is -0.168. The van der Waals surface area contributed by atoms with E-state index >= 15 is 0 Å². The van der Waals surface area contributed by atoms with Gasteiger partial charge in [0, 0.05) is 4.87 Å². The largest absolute Gasteiger partial charge is 0.457 e. The molecule has 5 rings (SSSR count). The van der Waals surface area contributed by atoms with Gasteiger partial charge >= 0.3 is 5.97 Å². The molecular weight excluding hydrogens is 320 g/mol. The molecule has 4 fully saturated rings. The van der Waals surface area contributed by atoms with Gasteiger partial charge in [-0.15, -0.1) is 22.9 Å². The number of rotatable bonds is 4. The monoisotopic (exact) mass is 338 g/mol. The summed E-state index contributed by atoms with van der Waals surface area (Å²) in [4.78, 5) is 25.1. The van der Waals surface area contributed by atoms with Gasteiger partial charge in [0.25, 0.3) is 0 Å². The van der Waals surface area contributed by atoms with Gasteiger partial charge in [-0.3, -0.25) is 9.59 Å². The summed E-state index contributed by atoms with van der Waals surface area (Å²) in [6.07, 6.45) is 5.79. The number of hydrogen-bond donors (Lipinski definition) is 0. The van der Waals surface area contributed by atoms with Crippen LogP contribution < -0.4 is 0 Å². The molecule has 5 heteroatoms. The average Bonchev–Trinajstić information content (AvgIpc) is 2.95. The van der Waals surface area contributed by atoms with Crippen molar-refractivity contribution in [2.24, 2.45) is 17.3 Å². The van der Waals surface area contributed by atoms with E-state index in [1.54, 1.807) is 6.07 Å². The first-order valence-corrected chi connectivity index (χ1v) is 9.17. The maximum atomic E-state index is 12.7. The third kappa shape index (κ3) is 2.41. The Hall–Kier alpha value is -0.870. The number of ketones is 1. The van der Waals surface area contributed by atoms with Crippen LogP contribution in [0.5, 0.6) is 0 Å². The normalized spacial score (nSPS) is 39.0. The zero-order chi connectivity index (χ0) is 15.4. The Labute approximate surface area is 139 Å². The van der Waals surface area contributed by atoms with E-state index in [9.17, 15) is 9.59 Å². The summed E-state index contributed by atoms with van der Waals surface area (Å²) in [6, 6.07) is 3.59. The average molecular weight is 339 g/mol. The first-order chi connectivity index (χ1) is 10.5. The Bertz CT molecular complexity index is 595. The summed E-state index contributed by atoms with van der Waals surface area (Å²) in [5, 5.41) is 1.85. The Kier molecular flexibility index (Phi) is 3.39. The van der Waals surface area contributed by atoms with Gasteiger partial charge in [0.2, 0.25) is 5.78 Å². The fraction of sp³-hybridized carbons (Fsp3) is 0.647. The zero-order valence-corrected chi connectivity index (χ0v) is 13.9. The van der Waals surface area contributed by atoms with Crippen LogP contribution in [0.15, 0.2) is 17.5 Å². The van der Waals surface area contributed by atoms with Gasteiger partial charge in [-0.1, -0.05) is 6.07 Å². The van der Waals surface area contributed by atoms with Crippen LogP contribution in [0.25, 0.3) is 0 Å². The molecule has 22 heavy (non-hydrogen) atoms. The molecule has 4 bridgehead atoms. The molecule has 1 aromatic rings. The Morgan fingerprint density at radius 2 is 2.00 bits per heavy atom. The van der Waals surface area contributed by atoms with Crippen LogP contribution in [0.3, 0.4) is 0 Å². The summed E-state index contributed by atoms with van der Waals surface area (Å²) in [5.41, 5.74) is -0.429. The molecule has 1 heterocycles. The SMILES string of the molecule is O=C(COC(=O)C12C[C@@H]3C[C@@H](CC(Cl)(C3)C1)C2)c1cccs1. The smallest absolute Gasteiger partial charge is 0.312 e. The van der Waals surface area contributed by atoms with Gasteiger partial charge in [-0.05, 0) is 61.8 Å². The molecule has 4 aliphatic carbocycles. The number of esters is 1. The van der Waals surface area contributed by atoms with Gasteiger partial charge in [0.05, 0.1) is 10.3 Å². The van der Waals surface area contributed by atoms with Gasteiger partial charge in [0.1, 0.15) is 0 Å². The van der Waals surface area contributed by atoms with Crippen molar-refractivity contribution >= 4 is 34.7 Å². The third-order valence-corrected chi connectivity index (χ3v) is 6.91. The van der Waals surface area contributed by atoms with Crippen LogP contribution in [0.1, 0.15) is 48.2 Å². The summed E-state index contributed by atoms with van der Waals surface area (Å²) in [7, 11) is 0. The van der Waals surface area contributed by atoms with Crippen molar-refractivity contribution < 1.29 is 14.3 Å². The number of Topliss-reactive ketones (excluding diaryl/α,β-unsaturated/α-hetero) is 1. The standard InChI is InChI=1S/C17H19ClO3S/c18-17-7-11-4-12(8-17)6-16(5-11,10-17)15(20)21-9-13(19)14-2-1-3-22-14/h1-3,11-12H,4-10H2/t11-,12+,16?,17?. The molecule has 0 aliphatic heterocycles. The van der Waals surface area contributed by atoms with E-state index in [2.05, 4.69) is 0 Å². The van der Waals surface area contributed by atoms with E-state index in [0.29, 0.717) is 16.7 Å². The molecule has 2 unspecified atom stereocenters. The first-order valence-electron chi connectivity index (χ1n) is 7.91. The van der Waals surface area contributed by atoms with Crippen LogP contribution in [-0.4, -0.2) is 23.2 Å². The molecule has 0 aromatic carbocycles. The lowest BCUT2D eigenvalue weighted by Crippen LogP contribution is -2.56. The van der Waals surface area contributed by atoms with E-state index in [0.717, 1.165) is 32.1 Å². The Morgan fingerprint density at radius 3 is 2.59 bits per heavy atom. The molecule has 0 amide bonds. The van der Waals surface area contributed by atoms with E-state index in [4.69, 9.17) is 16.3 Å². The van der Waals surface area contributed by atoms with E-state index in [-0.39, 0.29) is 23.2 Å². The lowest BCUT2D eigenvalue weighted by Gasteiger charge is -2.58.